The van der Waals surface area contributed by atoms with E-state index in [2.05, 4.69) is 15.3 Å². The molecule has 5 heteroatoms. The number of rotatable bonds is 1. The summed E-state index contributed by atoms with van der Waals surface area (Å²) in [6.07, 6.45) is 2.11. The zero-order valence-electron chi connectivity index (χ0n) is 8.86. The predicted molar refractivity (Wildman–Crippen MR) is 67.2 cm³/mol. The third kappa shape index (κ3) is 1.85. The van der Waals surface area contributed by atoms with Gasteiger partial charge in [-0.05, 0) is 41.5 Å². The standard InChI is InChI=1S/C12H9N3OS/c16-11-6-8-5-7(1-2-9(8)14-11)10-3-4-13-12(17)15-10/h1-5H,6H2,(H,14,16)(H,13,15,17). The number of fused-ring (bicyclic) bond motifs is 1. The van der Waals surface area contributed by atoms with Crippen molar-refractivity contribution in [3.05, 3.63) is 40.8 Å². The maximum absolute atomic E-state index is 11.3. The summed E-state index contributed by atoms with van der Waals surface area (Å²) >= 11 is 4.98. The molecule has 0 saturated heterocycles. The van der Waals surface area contributed by atoms with Gasteiger partial charge >= 0.3 is 0 Å². The van der Waals surface area contributed by atoms with E-state index in [0.717, 1.165) is 22.5 Å². The highest BCUT2D eigenvalue weighted by molar-refractivity contribution is 7.71. The summed E-state index contributed by atoms with van der Waals surface area (Å²) in [5.74, 6) is 0.0415. The molecule has 1 aliphatic rings. The van der Waals surface area contributed by atoms with E-state index in [4.69, 9.17) is 12.2 Å². The largest absolute Gasteiger partial charge is 0.330 e. The van der Waals surface area contributed by atoms with E-state index in [0.29, 0.717) is 11.2 Å². The maximum atomic E-state index is 11.3. The Bertz CT molecular complexity index is 663. The fourth-order valence-corrected chi connectivity index (χ4v) is 2.10. The molecule has 0 fully saturated rings. The molecule has 2 heterocycles. The van der Waals surface area contributed by atoms with Crippen molar-refractivity contribution in [3.8, 4) is 11.3 Å². The number of amides is 1. The average molecular weight is 243 g/mol. The highest BCUT2D eigenvalue weighted by atomic mass is 32.1. The molecule has 3 rings (SSSR count). The molecule has 4 nitrogen and oxygen atoms in total. The molecule has 1 aromatic carbocycles. The first kappa shape index (κ1) is 10.2. The molecule has 0 unspecified atom stereocenters. The molecule has 0 radical (unpaired) electrons. The molecule has 84 valence electrons. The minimum absolute atomic E-state index is 0.0415. The van der Waals surface area contributed by atoms with Crippen molar-refractivity contribution in [2.45, 2.75) is 6.42 Å². The Morgan fingerprint density at radius 3 is 3.00 bits per heavy atom. The first-order valence-corrected chi connectivity index (χ1v) is 5.62. The van der Waals surface area contributed by atoms with Gasteiger partial charge in [0.25, 0.3) is 0 Å². The summed E-state index contributed by atoms with van der Waals surface area (Å²) in [5, 5.41) is 2.81. The molecule has 0 saturated carbocycles. The van der Waals surface area contributed by atoms with Crippen molar-refractivity contribution >= 4 is 23.8 Å². The van der Waals surface area contributed by atoms with Gasteiger partial charge < -0.3 is 10.3 Å². The summed E-state index contributed by atoms with van der Waals surface area (Å²) in [6.45, 7) is 0. The lowest BCUT2D eigenvalue weighted by atomic mass is 10.1. The minimum Gasteiger partial charge on any atom is -0.330 e. The molecular weight excluding hydrogens is 234 g/mol. The van der Waals surface area contributed by atoms with E-state index in [9.17, 15) is 4.79 Å². The van der Waals surface area contributed by atoms with Gasteiger partial charge in [0.15, 0.2) is 4.77 Å². The first-order chi connectivity index (χ1) is 8.22. The predicted octanol–water partition coefficient (Wildman–Crippen LogP) is 2.30. The SMILES string of the molecule is O=C1Cc2cc(-c3ccnc(=S)[nH]3)ccc2N1. The summed E-state index contributed by atoms with van der Waals surface area (Å²) in [4.78, 5) is 18.2. The average Bonchev–Trinajstić information content (AvgIpc) is 2.68. The van der Waals surface area contributed by atoms with Crippen molar-refractivity contribution in [1.29, 1.82) is 0 Å². The summed E-state index contributed by atoms with van der Waals surface area (Å²) in [7, 11) is 0. The zero-order chi connectivity index (χ0) is 11.8. The van der Waals surface area contributed by atoms with Crippen LogP contribution < -0.4 is 5.32 Å². The van der Waals surface area contributed by atoms with Gasteiger partial charge in [-0.3, -0.25) is 4.79 Å². The van der Waals surface area contributed by atoms with Crippen molar-refractivity contribution in [1.82, 2.24) is 9.97 Å². The molecule has 0 aliphatic carbocycles. The van der Waals surface area contributed by atoms with Crippen molar-refractivity contribution in [3.63, 3.8) is 0 Å². The van der Waals surface area contributed by atoms with Crippen LogP contribution >= 0.6 is 12.2 Å². The normalized spacial score (nSPS) is 13.3. The second kappa shape index (κ2) is 3.78. The molecule has 1 aliphatic heterocycles. The van der Waals surface area contributed by atoms with Crippen molar-refractivity contribution in [2.75, 3.05) is 5.32 Å². The second-order valence-electron chi connectivity index (χ2n) is 3.89. The highest BCUT2D eigenvalue weighted by Crippen LogP contribution is 2.27. The number of anilines is 1. The van der Waals surface area contributed by atoms with Gasteiger partial charge in [0, 0.05) is 17.6 Å². The van der Waals surface area contributed by atoms with E-state index in [-0.39, 0.29) is 5.91 Å². The Morgan fingerprint density at radius 1 is 1.29 bits per heavy atom. The van der Waals surface area contributed by atoms with Gasteiger partial charge in [-0.2, -0.15) is 0 Å². The molecule has 0 bridgehead atoms. The number of hydrogen-bond acceptors (Lipinski definition) is 3. The second-order valence-corrected chi connectivity index (χ2v) is 4.27. The minimum atomic E-state index is 0.0415. The van der Waals surface area contributed by atoms with Crippen LogP contribution in [0, 0.1) is 4.77 Å². The summed E-state index contributed by atoms with van der Waals surface area (Å²) in [5.41, 5.74) is 3.83. The Labute approximate surface area is 103 Å². The third-order valence-electron chi connectivity index (χ3n) is 2.72. The van der Waals surface area contributed by atoms with E-state index in [1.165, 1.54) is 0 Å². The third-order valence-corrected chi connectivity index (χ3v) is 2.92. The molecule has 1 amide bonds. The number of benzene rings is 1. The van der Waals surface area contributed by atoms with Gasteiger partial charge in [0.05, 0.1) is 6.42 Å². The number of carbonyl (C=O) groups is 1. The highest BCUT2D eigenvalue weighted by Gasteiger charge is 2.17. The van der Waals surface area contributed by atoms with Crippen LogP contribution in [0.3, 0.4) is 0 Å². The lowest BCUT2D eigenvalue weighted by Gasteiger charge is -2.04. The molecule has 0 atom stereocenters. The summed E-state index contributed by atoms with van der Waals surface area (Å²) in [6, 6.07) is 7.72. The number of carbonyl (C=O) groups excluding carboxylic acids is 1. The Balaban J connectivity index is 2.09. The molecule has 2 N–H and O–H groups in total. The first-order valence-electron chi connectivity index (χ1n) is 5.21. The van der Waals surface area contributed by atoms with Gasteiger partial charge in [-0.15, -0.1) is 0 Å². The van der Waals surface area contributed by atoms with Crippen LogP contribution in [0.4, 0.5) is 5.69 Å². The Kier molecular flexibility index (Phi) is 2.26. The molecule has 17 heavy (non-hydrogen) atoms. The fraction of sp³-hybridized carbons (Fsp3) is 0.0833. The van der Waals surface area contributed by atoms with Gasteiger partial charge in [0.2, 0.25) is 5.91 Å². The number of nitrogens with zero attached hydrogens (tertiary/aromatic N) is 1. The van der Waals surface area contributed by atoms with Crippen LogP contribution in [0.5, 0.6) is 0 Å². The topological polar surface area (TPSA) is 57.8 Å². The molecular formula is C12H9N3OS. The van der Waals surface area contributed by atoms with Crippen molar-refractivity contribution in [2.24, 2.45) is 0 Å². The number of nitrogens with one attached hydrogen (secondary N) is 2. The number of H-pyrrole nitrogens is 1. The van der Waals surface area contributed by atoms with E-state index < -0.39 is 0 Å². The van der Waals surface area contributed by atoms with Crippen molar-refractivity contribution < 1.29 is 4.79 Å². The lowest BCUT2D eigenvalue weighted by Crippen LogP contribution is -2.03. The molecule has 1 aromatic heterocycles. The quantitative estimate of drug-likeness (QED) is 0.756. The monoisotopic (exact) mass is 243 g/mol. The number of aromatic amines is 1. The van der Waals surface area contributed by atoms with E-state index in [1.807, 2.05) is 24.3 Å². The molecule has 0 spiro atoms. The van der Waals surface area contributed by atoms with Gasteiger partial charge in [-0.1, -0.05) is 6.07 Å². The Morgan fingerprint density at radius 2 is 2.18 bits per heavy atom. The van der Waals surface area contributed by atoms with Crippen LogP contribution in [0.15, 0.2) is 30.5 Å². The van der Waals surface area contributed by atoms with Crippen LogP contribution in [-0.4, -0.2) is 15.9 Å². The zero-order valence-corrected chi connectivity index (χ0v) is 9.67. The van der Waals surface area contributed by atoms with Crippen LogP contribution in [-0.2, 0) is 11.2 Å². The maximum Gasteiger partial charge on any atom is 0.228 e. The summed E-state index contributed by atoms with van der Waals surface area (Å²) < 4.78 is 0.456. The number of aromatic nitrogens is 2. The number of hydrogen-bond donors (Lipinski definition) is 2. The van der Waals surface area contributed by atoms with Gasteiger partial charge in [0.1, 0.15) is 0 Å². The van der Waals surface area contributed by atoms with Gasteiger partial charge in [-0.25, -0.2) is 4.98 Å². The van der Waals surface area contributed by atoms with Crippen LogP contribution in [0.1, 0.15) is 5.56 Å². The lowest BCUT2D eigenvalue weighted by molar-refractivity contribution is -0.115. The van der Waals surface area contributed by atoms with Crippen LogP contribution in [0.2, 0.25) is 0 Å². The Hall–Kier alpha value is -2.01. The van der Waals surface area contributed by atoms with E-state index >= 15 is 0 Å². The smallest absolute Gasteiger partial charge is 0.228 e. The fourth-order valence-electron chi connectivity index (χ4n) is 1.93. The van der Waals surface area contributed by atoms with E-state index in [1.54, 1.807) is 6.20 Å². The van der Waals surface area contributed by atoms with Crippen LogP contribution in [0.25, 0.3) is 11.3 Å². The molecule has 2 aromatic rings.